The molecule has 2 aromatic carbocycles. The Labute approximate surface area is 198 Å². The van der Waals surface area contributed by atoms with Crippen LogP contribution in [-0.2, 0) is 22.4 Å². The van der Waals surface area contributed by atoms with Crippen molar-refractivity contribution in [3.8, 4) is 11.1 Å². The van der Waals surface area contributed by atoms with Crippen molar-refractivity contribution >= 4 is 11.9 Å². The van der Waals surface area contributed by atoms with Gasteiger partial charge in [-0.3, -0.25) is 4.79 Å². The third-order valence-electron chi connectivity index (χ3n) is 6.68. The molecule has 5 nitrogen and oxygen atoms in total. The van der Waals surface area contributed by atoms with Gasteiger partial charge in [0.05, 0.1) is 0 Å². The standard InChI is InChI=1S/C28H38N2O3/c1-20-6-5-18-30(20)19-17-22-9-14-24(15-10-22)23-12-7-21(8-13-23)11-16-25(31)29-26(27(32)33)28(2,3)4/h7-10,12-15,20,26H,5-6,11,16-19H2,1-4H3,(H,29,31)(H,32,33). The van der Waals surface area contributed by atoms with Crippen LogP contribution in [0.4, 0.5) is 0 Å². The molecule has 1 aliphatic heterocycles. The summed E-state index contributed by atoms with van der Waals surface area (Å²) in [7, 11) is 0. The van der Waals surface area contributed by atoms with Crippen molar-refractivity contribution in [3.63, 3.8) is 0 Å². The Hall–Kier alpha value is -2.66. The highest BCUT2D eigenvalue weighted by molar-refractivity contribution is 5.84. The Morgan fingerprint density at radius 1 is 1.00 bits per heavy atom. The van der Waals surface area contributed by atoms with Crippen molar-refractivity contribution in [1.29, 1.82) is 0 Å². The van der Waals surface area contributed by atoms with Gasteiger partial charge >= 0.3 is 5.97 Å². The first-order chi connectivity index (χ1) is 15.6. The molecule has 1 aliphatic rings. The van der Waals surface area contributed by atoms with E-state index in [0.717, 1.165) is 24.1 Å². The monoisotopic (exact) mass is 450 g/mol. The van der Waals surface area contributed by atoms with Gasteiger partial charge in [0.2, 0.25) is 5.91 Å². The number of nitrogens with one attached hydrogen (secondary N) is 1. The van der Waals surface area contributed by atoms with E-state index in [4.69, 9.17) is 0 Å². The summed E-state index contributed by atoms with van der Waals surface area (Å²) in [4.78, 5) is 26.3. The fourth-order valence-electron chi connectivity index (χ4n) is 4.47. The van der Waals surface area contributed by atoms with Crippen molar-refractivity contribution in [2.45, 2.75) is 71.9 Å². The summed E-state index contributed by atoms with van der Waals surface area (Å²) >= 11 is 0. The van der Waals surface area contributed by atoms with Gasteiger partial charge in [-0.05, 0) is 66.8 Å². The number of nitrogens with zero attached hydrogens (tertiary/aromatic N) is 1. The molecule has 33 heavy (non-hydrogen) atoms. The predicted molar refractivity (Wildman–Crippen MR) is 133 cm³/mol. The zero-order valence-electron chi connectivity index (χ0n) is 20.4. The maximum Gasteiger partial charge on any atom is 0.326 e. The molecular formula is C28H38N2O3. The highest BCUT2D eigenvalue weighted by atomic mass is 16.4. The molecule has 178 valence electrons. The van der Waals surface area contributed by atoms with Crippen LogP contribution in [0.15, 0.2) is 48.5 Å². The van der Waals surface area contributed by atoms with E-state index in [2.05, 4.69) is 53.5 Å². The van der Waals surface area contributed by atoms with E-state index >= 15 is 0 Å². The van der Waals surface area contributed by atoms with Crippen molar-refractivity contribution in [2.75, 3.05) is 13.1 Å². The Balaban J connectivity index is 1.50. The summed E-state index contributed by atoms with van der Waals surface area (Å²) in [5.41, 5.74) is 4.24. The van der Waals surface area contributed by atoms with Crippen molar-refractivity contribution < 1.29 is 14.7 Å². The lowest BCUT2D eigenvalue weighted by atomic mass is 9.86. The molecule has 2 N–H and O–H groups in total. The molecule has 1 heterocycles. The van der Waals surface area contributed by atoms with Crippen LogP contribution in [0.3, 0.4) is 0 Å². The number of carbonyl (C=O) groups excluding carboxylic acids is 1. The molecule has 1 saturated heterocycles. The van der Waals surface area contributed by atoms with Gasteiger partial charge in [0, 0.05) is 19.0 Å². The van der Waals surface area contributed by atoms with Crippen molar-refractivity contribution in [1.82, 2.24) is 10.2 Å². The number of likely N-dealkylation sites (tertiary alicyclic amines) is 1. The predicted octanol–water partition coefficient (Wildman–Crippen LogP) is 4.93. The molecule has 1 fully saturated rings. The maximum atomic E-state index is 12.3. The minimum atomic E-state index is -1.00. The van der Waals surface area contributed by atoms with Gasteiger partial charge in [0.1, 0.15) is 6.04 Å². The molecule has 3 rings (SSSR count). The Morgan fingerprint density at radius 2 is 1.55 bits per heavy atom. The summed E-state index contributed by atoms with van der Waals surface area (Å²) in [6, 6.07) is 16.9. The minimum absolute atomic E-state index is 0.236. The largest absolute Gasteiger partial charge is 0.480 e. The van der Waals surface area contributed by atoms with Crippen LogP contribution in [0.2, 0.25) is 0 Å². The number of benzene rings is 2. The molecule has 1 amide bonds. The molecular weight excluding hydrogens is 412 g/mol. The molecule has 0 bridgehead atoms. The fraction of sp³-hybridized carbons (Fsp3) is 0.500. The highest BCUT2D eigenvalue weighted by Crippen LogP contribution is 2.23. The molecule has 0 spiro atoms. The van der Waals surface area contributed by atoms with Gasteiger partial charge in [0.15, 0.2) is 0 Å². The quantitative estimate of drug-likeness (QED) is 0.568. The lowest BCUT2D eigenvalue weighted by Crippen LogP contribution is -2.49. The minimum Gasteiger partial charge on any atom is -0.480 e. The molecule has 0 radical (unpaired) electrons. The van der Waals surface area contributed by atoms with E-state index in [1.165, 1.54) is 30.5 Å². The van der Waals surface area contributed by atoms with Gasteiger partial charge in [-0.1, -0.05) is 69.3 Å². The summed E-state index contributed by atoms with van der Waals surface area (Å²) in [5.74, 6) is -1.24. The first-order valence-corrected chi connectivity index (χ1v) is 12.1. The summed E-state index contributed by atoms with van der Waals surface area (Å²) in [6.45, 7) is 10.1. The van der Waals surface area contributed by atoms with Crippen LogP contribution >= 0.6 is 0 Å². The van der Waals surface area contributed by atoms with E-state index in [-0.39, 0.29) is 12.3 Å². The SMILES string of the molecule is CC1CCCN1CCc1ccc(-c2ccc(CCC(=O)NC(C(=O)O)C(C)(C)C)cc2)cc1. The van der Waals surface area contributed by atoms with Gasteiger partial charge in [0.25, 0.3) is 0 Å². The number of carboxylic acids is 1. The van der Waals surface area contributed by atoms with Crippen LogP contribution in [0.25, 0.3) is 11.1 Å². The van der Waals surface area contributed by atoms with Crippen LogP contribution in [0.5, 0.6) is 0 Å². The third-order valence-corrected chi connectivity index (χ3v) is 6.68. The van der Waals surface area contributed by atoms with E-state index in [0.29, 0.717) is 12.5 Å². The van der Waals surface area contributed by atoms with E-state index in [1.54, 1.807) is 0 Å². The van der Waals surface area contributed by atoms with Crippen molar-refractivity contribution in [2.24, 2.45) is 5.41 Å². The lowest BCUT2D eigenvalue weighted by molar-refractivity contribution is -0.144. The normalized spacial score (nSPS) is 17.6. The molecule has 0 aromatic heterocycles. The molecule has 2 atom stereocenters. The van der Waals surface area contributed by atoms with Crippen LogP contribution in [0, 0.1) is 5.41 Å². The van der Waals surface area contributed by atoms with Gasteiger partial charge in [-0.25, -0.2) is 4.79 Å². The van der Waals surface area contributed by atoms with E-state index in [9.17, 15) is 14.7 Å². The zero-order valence-corrected chi connectivity index (χ0v) is 20.4. The Bertz CT molecular complexity index is 929. The number of amides is 1. The van der Waals surface area contributed by atoms with Crippen LogP contribution in [0.1, 0.15) is 58.1 Å². The number of carboxylic acid groups (broad SMARTS) is 1. The summed E-state index contributed by atoms with van der Waals surface area (Å²) < 4.78 is 0. The number of carbonyl (C=O) groups is 2. The summed E-state index contributed by atoms with van der Waals surface area (Å²) in [5, 5.41) is 12.0. The topological polar surface area (TPSA) is 69.6 Å². The highest BCUT2D eigenvalue weighted by Gasteiger charge is 2.32. The second kappa shape index (κ2) is 11.0. The summed E-state index contributed by atoms with van der Waals surface area (Å²) in [6.07, 6.45) is 4.57. The molecule has 5 heteroatoms. The lowest BCUT2D eigenvalue weighted by Gasteiger charge is -2.27. The Kier molecular flexibility index (Phi) is 8.30. The number of rotatable bonds is 9. The third kappa shape index (κ3) is 7.16. The molecule has 2 aromatic rings. The number of aliphatic carboxylic acids is 1. The van der Waals surface area contributed by atoms with E-state index < -0.39 is 17.4 Å². The van der Waals surface area contributed by atoms with Gasteiger partial charge < -0.3 is 15.3 Å². The maximum absolute atomic E-state index is 12.3. The van der Waals surface area contributed by atoms with Crippen LogP contribution in [-0.4, -0.2) is 47.1 Å². The first kappa shape index (κ1) is 25.0. The smallest absolute Gasteiger partial charge is 0.326 e. The van der Waals surface area contributed by atoms with Gasteiger partial charge in [-0.15, -0.1) is 0 Å². The fourth-order valence-corrected chi connectivity index (χ4v) is 4.47. The molecule has 0 aliphatic carbocycles. The second-order valence-electron chi connectivity index (χ2n) is 10.4. The molecule has 2 unspecified atom stereocenters. The first-order valence-electron chi connectivity index (χ1n) is 12.1. The number of hydrogen-bond donors (Lipinski definition) is 2. The Morgan fingerprint density at radius 3 is 2.00 bits per heavy atom. The van der Waals surface area contributed by atoms with Crippen LogP contribution < -0.4 is 5.32 Å². The second-order valence-corrected chi connectivity index (χ2v) is 10.4. The van der Waals surface area contributed by atoms with E-state index in [1.807, 2.05) is 32.9 Å². The number of hydrogen-bond acceptors (Lipinski definition) is 3. The molecule has 0 saturated carbocycles. The van der Waals surface area contributed by atoms with Crippen molar-refractivity contribution in [3.05, 3.63) is 59.7 Å². The average Bonchev–Trinajstić information content (AvgIpc) is 3.19. The van der Waals surface area contributed by atoms with Gasteiger partial charge in [-0.2, -0.15) is 0 Å². The zero-order chi connectivity index (χ0) is 24.0. The average molecular weight is 451 g/mol. The number of aryl methyl sites for hydroxylation is 1.